The van der Waals surface area contributed by atoms with Crippen LogP contribution >= 0.6 is 11.3 Å². The first-order valence-corrected chi connectivity index (χ1v) is 18.3. The lowest BCUT2D eigenvalue weighted by molar-refractivity contribution is 1.17. The van der Waals surface area contributed by atoms with Gasteiger partial charge in [-0.05, 0) is 94.4 Å². The Hall–Kier alpha value is -5.97. The molecule has 0 radical (unpaired) electrons. The Kier molecular flexibility index (Phi) is 8.69. The Morgan fingerprint density at radius 2 is 1.12 bits per heavy atom. The lowest BCUT2D eigenvalue weighted by atomic mass is 10.1. The number of benzene rings is 6. The molecule has 9 rings (SSSR count). The Morgan fingerprint density at radius 1 is 0.529 bits per heavy atom. The molecular weight excluding hydrogens is 639 g/mol. The molecule has 3 aromatic heterocycles. The summed E-state index contributed by atoms with van der Waals surface area (Å²) in [6.07, 6.45) is 11.6. The van der Waals surface area contributed by atoms with Gasteiger partial charge in [-0.2, -0.15) is 0 Å². The van der Waals surface area contributed by atoms with Gasteiger partial charge in [0.05, 0.1) is 22.1 Å². The first kappa shape index (κ1) is 32.2. The number of aromatic nitrogens is 2. The summed E-state index contributed by atoms with van der Waals surface area (Å²) in [5.74, 6) is 0. The molecule has 0 aliphatic rings. The molecule has 0 saturated heterocycles. The SMILES string of the molecule is C\C=C/C=C\C(C)=N\C=C/C.Cc1ccc(-n2c3cc4c(cc3c3cc5c(cc32)c2ccccc2n5-c2ccccc2)sc2ccccc24)cc1. The highest BCUT2D eigenvalue weighted by Crippen LogP contribution is 2.43. The molecule has 3 nitrogen and oxygen atoms in total. The second kappa shape index (κ2) is 13.7. The number of aryl methyl sites for hydroxylation is 1. The minimum Gasteiger partial charge on any atom is -0.309 e. The Bertz CT molecular complexity index is 2820. The molecular formula is C47H39N3S. The fourth-order valence-corrected chi connectivity index (χ4v) is 8.19. The lowest BCUT2D eigenvalue weighted by Crippen LogP contribution is -1.94. The smallest absolute Gasteiger partial charge is 0.0548 e. The van der Waals surface area contributed by atoms with Gasteiger partial charge in [0.2, 0.25) is 0 Å². The van der Waals surface area contributed by atoms with Gasteiger partial charge in [-0.25, -0.2) is 0 Å². The standard InChI is InChI=1S/C37H24N2S.C10H15N/c1-23-15-17-25(18-16-23)39-34-19-28-26-11-5-7-13-32(26)38(24-9-3-2-4-10-24)33(28)20-29(34)30-22-37-31(21-35(30)39)27-12-6-8-14-36(27)40-37;1-4-6-7-8-10(3)11-9-5-2/h2-22H,1H3;4-9H,1-3H3/b;6-4-,8-7-,9-5-,11-10+. The second-order valence-corrected chi connectivity index (χ2v) is 13.9. The van der Waals surface area contributed by atoms with Crippen molar-refractivity contribution in [2.75, 3.05) is 0 Å². The maximum absolute atomic E-state index is 4.13. The number of fused-ring (bicyclic) bond motifs is 9. The monoisotopic (exact) mass is 677 g/mol. The van der Waals surface area contributed by atoms with Gasteiger partial charge < -0.3 is 9.13 Å². The van der Waals surface area contributed by atoms with Gasteiger partial charge in [-0.3, -0.25) is 4.99 Å². The molecule has 0 fully saturated rings. The Morgan fingerprint density at radius 3 is 1.84 bits per heavy atom. The summed E-state index contributed by atoms with van der Waals surface area (Å²) < 4.78 is 7.55. The van der Waals surface area contributed by atoms with Crippen molar-refractivity contribution >= 4 is 80.8 Å². The van der Waals surface area contributed by atoms with Crippen molar-refractivity contribution in [1.82, 2.24) is 9.13 Å². The van der Waals surface area contributed by atoms with Crippen molar-refractivity contribution in [3.05, 3.63) is 170 Å². The van der Waals surface area contributed by atoms with Gasteiger partial charge in [0.25, 0.3) is 0 Å². The minimum atomic E-state index is 1.02. The van der Waals surface area contributed by atoms with Gasteiger partial charge in [0, 0.05) is 65.0 Å². The minimum absolute atomic E-state index is 1.02. The predicted octanol–water partition coefficient (Wildman–Crippen LogP) is 13.7. The highest BCUT2D eigenvalue weighted by molar-refractivity contribution is 7.25. The Balaban J connectivity index is 0.000000297. The molecule has 51 heavy (non-hydrogen) atoms. The maximum atomic E-state index is 4.13. The number of para-hydroxylation sites is 2. The molecule has 0 bridgehead atoms. The van der Waals surface area contributed by atoms with E-state index in [4.69, 9.17) is 0 Å². The molecule has 0 amide bonds. The topological polar surface area (TPSA) is 22.2 Å². The summed E-state index contributed by atoms with van der Waals surface area (Å²) in [7, 11) is 0. The average molecular weight is 678 g/mol. The van der Waals surface area contributed by atoms with Gasteiger partial charge >= 0.3 is 0 Å². The lowest BCUT2D eigenvalue weighted by Gasteiger charge is -2.09. The van der Waals surface area contributed by atoms with Crippen LogP contribution < -0.4 is 0 Å². The maximum Gasteiger partial charge on any atom is 0.0548 e. The van der Waals surface area contributed by atoms with E-state index in [1.807, 2.05) is 62.5 Å². The van der Waals surface area contributed by atoms with Crippen molar-refractivity contribution in [2.45, 2.75) is 27.7 Å². The molecule has 0 aliphatic carbocycles. The number of allylic oxidation sites excluding steroid dienone is 5. The van der Waals surface area contributed by atoms with E-state index in [2.05, 4.69) is 148 Å². The van der Waals surface area contributed by atoms with E-state index in [9.17, 15) is 0 Å². The van der Waals surface area contributed by atoms with Crippen LogP contribution in [0.1, 0.15) is 26.3 Å². The molecule has 0 atom stereocenters. The number of thiophene rings is 1. The van der Waals surface area contributed by atoms with E-state index in [1.165, 1.54) is 80.7 Å². The highest BCUT2D eigenvalue weighted by Gasteiger charge is 2.19. The van der Waals surface area contributed by atoms with Crippen LogP contribution in [-0.2, 0) is 0 Å². The fourth-order valence-electron chi connectivity index (χ4n) is 7.06. The first-order valence-electron chi connectivity index (χ1n) is 17.5. The van der Waals surface area contributed by atoms with E-state index in [1.54, 1.807) is 6.20 Å². The number of hydrogen-bond donors (Lipinski definition) is 0. The van der Waals surface area contributed by atoms with Gasteiger partial charge in [-0.1, -0.05) is 96.6 Å². The molecule has 4 heteroatoms. The molecule has 0 saturated carbocycles. The van der Waals surface area contributed by atoms with Crippen molar-refractivity contribution in [2.24, 2.45) is 4.99 Å². The third-order valence-electron chi connectivity index (χ3n) is 9.43. The summed E-state index contributed by atoms with van der Waals surface area (Å²) in [6, 6.07) is 46.9. The van der Waals surface area contributed by atoms with Crippen LogP contribution in [0.25, 0.3) is 75.2 Å². The van der Waals surface area contributed by atoms with Crippen molar-refractivity contribution in [3.8, 4) is 11.4 Å². The summed E-state index contributed by atoms with van der Waals surface area (Å²) in [5.41, 5.74) is 9.61. The summed E-state index contributed by atoms with van der Waals surface area (Å²) in [4.78, 5) is 4.13. The second-order valence-electron chi connectivity index (χ2n) is 12.8. The zero-order valence-electron chi connectivity index (χ0n) is 29.3. The normalized spacial score (nSPS) is 12.6. The van der Waals surface area contributed by atoms with Crippen molar-refractivity contribution < 1.29 is 0 Å². The molecule has 6 aromatic carbocycles. The molecule has 0 spiro atoms. The van der Waals surface area contributed by atoms with Crippen LogP contribution in [0.5, 0.6) is 0 Å². The van der Waals surface area contributed by atoms with Gasteiger partial charge in [0.15, 0.2) is 0 Å². The number of aliphatic imine (C=N–C) groups is 1. The summed E-state index contributed by atoms with van der Waals surface area (Å²) in [5, 5.41) is 7.78. The molecule has 0 aliphatic heterocycles. The first-order chi connectivity index (χ1) is 25.1. The van der Waals surface area contributed by atoms with Crippen molar-refractivity contribution in [1.29, 1.82) is 0 Å². The van der Waals surface area contributed by atoms with Gasteiger partial charge in [0.1, 0.15) is 0 Å². The van der Waals surface area contributed by atoms with Gasteiger partial charge in [-0.15, -0.1) is 11.3 Å². The van der Waals surface area contributed by atoms with Crippen LogP contribution in [0.4, 0.5) is 0 Å². The van der Waals surface area contributed by atoms with E-state index in [0.29, 0.717) is 0 Å². The van der Waals surface area contributed by atoms with E-state index in [0.717, 1.165) is 5.71 Å². The largest absolute Gasteiger partial charge is 0.309 e. The zero-order chi connectivity index (χ0) is 34.9. The molecule has 0 unspecified atom stereocenters. The Labute approximate surface area is 302 Å². The number of nitrogens with zero attached hydrogens (tertiary/aromatic N) is 3. The van der Waals surface area contributed by atoms with E-state index >= 15 is 0 Å². The van der Waals surface area contributed by atoms with E-state index < -0.39 is 0 Å². The quantitative estimate of drug-likeness (QED) is 0.128. The molecule has 3 heterocycles. The molecule has 248 valence electrons. The van der Waals surface area contributed by atoms with Crippen LogP contribution in [-0.4, -0.2) is 14.8 Å². The van der Waals surface area contributed by atoms with Crippen LogP contribution in [0.15, 0.2) is 169 Å². The van der Waals surface area contributed by atoms with Crippen molar-refractivity contribution in [3.63, 3.8) is 0 Å². The zero-order valence-corrected chi connectivity index (χ0v) is 30.2. The number of rotatable bonds is 5. The fraction of sp³-hybridized carbons (Fsp3) is 0.0851. The van der Waals surface area contributed by atoms with Crippen LogP contribution in [0.3, 0.4) is 0 Å². The highest BCUT2D eigenvalue weighted by atomic mass is 32.1. The third kappa shape index (κ3) is 5.88. The predicted molar refractivity (Wildman–Crippen MR) is 225 cm³/mol. The summed E-state index contributed by atoms with van der Waals surface area (Å²) in [6.45, 7) is 8.06. The van der Waals surface area contributed by atoms with Crippen LogP contribution in [0.2, 0.25) is 0 Å². The molecule has 9 aromatic rings. The molecule has 0 N–H and O–H groups in total. The summed E-state index contributed by atoms with van der Waals surface area (Å²) >= 11 is 1.89. The van der Waals surface area contributed by atoms with E-state index in [-0.39, 0.29) is 0 Å². The third-order valence-corrected chi connectivity index (χ3v) is 10.6. The average Bonchev–Trinajstić information content (AvgIpc) is 3.80. The van der Waals surface area contributed by atoms with Crippen LogP contribution in [0, 0.1) is 6.92 Å². The number of hydrogen-bond acceptors (Lipinski definition) is 2.